The number of rotatable bonds is 17. The van der Waals surface area contributed by atoms with Gasteiger partial charge in [-0.25, -0.2) is 9.59 Å². The normalized spacial score (nSPS) is 11.7. The van der Waals surface area contributed by atoms with Gasteiger partial charge in [0, 0.05) is 0 Å². The van der Waals surface area contributed by atoms with Crippen LogP contribution in [0.1, 0.15) is 118 Å². The molecule has 1 atom stereocenters. The maximum absolute atomic E-state index is 12.7. The summed E-state index contributed by atoms with van der Waals surface area (Å²) in [5.41, 5.74) is 4.48. The molecule has 0 bridgehead atoms. The number of carbonyl (C=O) groups is 2. The molecule has 3 aromatic rings. The van der Waals surface area contributed by atoms with Crippen molar-refractivity contribution in [3.63, 3.8) is 0 Å². The van der Waals surface area contributed by atoms with E-state index in [0.29, 0.717) is 16.9 Å². The zero-order valence-electron chi connectivity index (χ0n) is 24.6. The van der Waals surface area contributed by atoms with Gasteiger partial charge in [0.2, 0.25) is 0 Å². The monoisotopic (exact) mass is 542 g/mol. The van der Waals surface area contributed by atoms with E-state index in [0.717, 1.165) is 36.8 Å². The van der Waals surface area contributed by atoms with Crippen molar-refractivity contribution in [2.45, 2.75) is 104 Å². The highest BCUT2D eigenvalue weighted by atomic mass is 16.5. The molecule has 0 saturated heterocycles. The van der Waals surface area contributed by atoms with Crippen LogP contribution < -0.4 is 4.74 Å². The number of aryl methyl sites for hydroxylation is 1. The number of esters is 2. The Morgan fingerprint density at radius 2 is 1.10 bits per heavy atom. The number of unbranched alkanes of at least 4 members (excludes halogenated alkanes) is 8. The largest absolute Gasteiger partial charge is 0.459 e. The fourth-order valence-corrected chi connectivity index (χ4v) is 4.77. The lowest BCUT2D eigenvalue weighted by molar-refractivity contribution is 0.0319. The van der Waals surface area contributed by atoms with Crippen LogP contribution in [-0.2, 0) is 11.2 Å². The van der Waals surface area contributed by atoms with E-state index in [4.69, 9.17) is 9.47 Å². The molecule has 0 heterocycles. The number of ether oxygens (including phenoxy) is 2. The number of benzene rings is 3. The minimum absolute atomic E-state index is 0.118. The van der Waals surface area contributed by atoms with Gasteiger partial charge in [0.1, 0.15) is 5.75 Å². The molecule has 40 heavy (non-hydrogen) atoms. The molecule has 4 heteroatoms. The highest BCUT2D eigenvalue weighted by Crippen LogP contribution is 2.23. The number of hydrogen-bond donors (Lipinski definition) is 0. The molecular weight excluding hydrogens is 496 g/mol. The second-order valence-electron chi connectivity index (χ2n) is 10.8. The Bertz CT molecular complexity index is 1150. The molecule has 0 amide bonds. The van der Waals surface area contributed by atoms with Crippen LogP contribution >= 0.6 is 0 Å². The van der Waals surface area contributed by atoms with Crippen molar-refractivity contribution in [1.29, 1.82) is 0 Å². The van der Waals surface area contributed by atoms with Crippen LogP contribution in [0.3, 0.4) is 0 Å². The van der Waals surface area contributed by atoms with E-state index >= 15 is 0 Å². The zero-order chi connectivity index (χ0) is 28.6. The van der Waals surface area contributed by atoms with Gasteiger partial charge in [0.15, 0.2) is 0 Å². The van der Waals surface area contributed by atoms with Gasteiger partial charge in [0.05, 0.1) is 17.2 Å². The standard InChI is InChI=1S/C36H46O4/c1-4-6-8-10-11-13-15-29-16-18-30(19-17-29)31-20-22-32(23-21-31)36(38)40-34-26-24-33(25-27-34)35(37)39-28(3)14-12-9-7-5-2/h16-28H,4-15H2,1-3H3/t28-/m0/s1. The molecule has 0 aliphatic rings. The molecule has 0 N–H and O–H groups in total. The van der Waals surface area contributed by atoms with E-state index in [2.05, 4.69) is 38.1 Å². The maximum Gasteiger partial charge on any atom is 0.343 e. The summed E-state index contributed by atoms with van der Waals surface area (Å²) < 4.78 is 11.1. The second-order valence-corrected chi connectivity index (χ2v) is 10.8. The highest BCUT2D eigenvalue weighted by molar-refractivity contribution is 5.92. The summed E-state index contributed by atoms with van der Waals surface area (Å²) in [5, 5.41) is 0. The smallest absolute Gasteiger partial charge is 0.343 e. The molecule has 214 valence electrons. The average molecular weight is 543 g/mol. The third-order valence-corrected chi connectivity index (χ3v) is 7.30. The second kappa shape index (κ2) is 17.3. The zero-order valence-corrected chi connectivity index (χ0v) is 24.6. The van der Waals surface area contributed by atoms with Gasteiger partial charge >= 0.3 is 11.9 Å². The summed E-state index contributed by atoms with van der Waals surface area (Å²) in [6.07, 6.45) is 14.3. The molecule has 0 unspecified atom stereocenters. The third kappa shape index (κ3) is 10.6. The van der Waals surface area contributed by atoms with Crippen molar-refractivity contribution in [3.8, 4) is 16.9 Å². The van der Waals surface area contributed by atoms with Crippen molar-refractivity contribution in [1.82, 2.24) is 0 Å². The third-order valence-electron chi connectivity index (χ3n) is 7.30. The lowest BCUT2D eigenvalue weighted by Crippen LogP contribution is -2.15. The molecule has 0 spiro atoms. The maximum atomic E-state index is 12.7. The molecule has 0 fully saturated rings. The van der Waals surface area contributed by atoms with E-state index in [1.54, 1.807) is 36.4 Å². The fraction of sp³-hybridized carbons (Fsp3) is 0.444. The van der Waals surface area contributed by atoms with Crippen LogP contribution in [0.4, 0.5) is 0 Å². The van der Waals surface area contributed by atoms with Crippen molar-refractivity contribution in [2.24, 2.45) is 0 Å². The summed E-state index contributed by atoms with van der Waals surface area (Å²) in [6, 6.07) is 22.7. The van der Waals surface area contributed by atoms with Gasteiger partial charge in [-0.05, 0) is 85.7 Å². The van der Waals surface area contributed by atoms with Crippen molar-refractivity contribution in [2.75, 3.05) is 0 Å². The Morgan fingerprint density at radius 1 is 0.600 bits per heavy atom. The Labute approximate surface area is 241 Å². The summed E-state index contributed by atoms with van der Waals surface area (Å²) in [4.78, 5) is 25.1. The molecular formula is C36H46O4. The van der Waals surface area contributed by atoms with Crippen LogP contribution in [0.5, 0.6) is 5.75 Å². The average Bonchev–Trinajstić information content (AvgIpc) is 2.98. The van der Waals surface area contributed by atoms with Crippen molar-refractivity contribution in [3.05, 3.63) is 89.5 Å². The van der Waals surface area contributed by atoms with Gasteiger partial charge in [-0.2, -0.15) is 0 Å². The van der Waals surface area contributed by atoms with E-state index < -0.39 is 5.97 Å². The molecule has 0 saturated carbocycles. The molecule has 0 radical (unpaired) electrons. The molecule has 0 aliphatic carbocycles. The Hall–Kier alpha value is -3.40. The highest BCUT2D eigenvalue weighted by Gasteiger charge is 2.14. The van der Waals surface area contributed by atoms with E-state index in [1.807, 2.05) is 19.1 Å². The van der Waals surface area contributed by atoms with Crippen molar-refractivity contribution < 1.29 is 19.1 Å². The summed E-state index contributed by atoms with van der Waals surface area (Å²) in [6.45, 7) is 6.36. The fourth-order valence-electron chi connectivity index (χ4n) is 4.77. The first-order valence-corrected chi connectivity index (χ1v) is 15.2. The number of carbonyl (C=O) groups excluding carboxylic acids is 2. The van der Waals surface area contributed by atoms with Gasteiger partial charge in [-0.1, -0.05) is 102 Å². The minimum Gasteiger partial charge on any atom is -0.459 e. The Balaban J connectivity index is 1.46. The minimum atomic E-state index is -0.433. The first-order valence-electron chi connectivity index (χ1n) is 15.2. The molecule has 0 aromatic heterocycles. The molecule has 4 nitrogen and oxygen atoms in total. The van der Waals surface area contributed by atoms with Gasteiger partial charge < -0.3 is 9.47 Å². The van der Waals surface area contributed by atoms with Gasteiger partial charge in [-0.15, -0.1) is 0 Å². The summed E-state index contributed by atoms with van der Waals surface area (Å²) in [7, 11) is 0. The van der Waals surface area contributed by atoms with Crippen LogP contribution in [0.2, 0.25) is 0 Å². The predicted octanol–water partition coefficient (Wildman–Crippen LogP) is 9.99. The van der Waals surface area contributed by atoms with Crippen molar-refractivity contribution >= 4 is 11.9 Å². The first-order chi connectivity index (χ1) is 19.5. The van der Waals surface area contributed by atoms with Gasteiger partial charge in [0.25, 0.3) is 0 Å². The van der Waals surface area contributed by atoms with E-state index in [9.17, 15) is 9.59 Å². The van der Waals surface area contributed by atoms with E-state index in [-0.39, 0.29) is 12.1 Å². The lowest BCUT2D eigenvalue weighted by atomic mass is 10.00. The van der Waals surface area contributed by atoms with Crippen LogP contribution in [-0.4, -0.2) is 18.0 Å². The summed E-state index contributed by atoms with van der Waals surface area (Å²) in [5.74, 6) is -0.400. The SMILES string of the molecule is CCCCCCCCc1ccc(-c2ccc(C(=O)Oc3ccc(C(=O)O[C@@H](C)CCCCCC)cc3)cc2)cc1. The first kappa shape index (κ1) is 31.1. The van der Waals surface area contributed by atoms with Gasteiger partial charge in [-0.3, -0.25) is 0 Å². The lowest BCUT2D eigenvalue weighted by Gasteiger charge is -2.13. The quantitative estimate of drug-likeness (QED) is 0.0967. The topological polar surface area (TPSA) is 52.6 Å². The Morgan fingerprint density at radius 3 is 1.73 bits per heavy atom. The molecule has 3 rings (SSSR count). The summed E-state index contributed by atoms with van der Waals surface area (Å²) >= 11 is 0. The Kier molecular flexibility index (Phi) is 13.5. The molecule has 0 aliphatic heterocycles. The molecule has 3 aromatic carbocycles. The van der Waals surface area contributed by atoms with E-state index in [1.165, 1.54) is 56.9 Å². The van der Waals surface area contributed by atoms with Crippen LogP contribution in [0.25, 0.3) is 11.1 Å². The number of hydrogen-bond acceptors (Lipinski definition) is 4. The van der Waals surface area contributed by atoms with Crippen LogP contribution in [0, 0.1) is 0 Å². The van der Waals surface area contributed by atoms with Crippen LogP contribution in [0.15, 0.2) is 72.8 Å². The predicted molar refractivity (Wildman–Crippen MR) is 164 cm³/mol.